The zero-order valence-electron chi connectivity index (χ0n) is 19.5. The van der Waals surface area contributed by atoms with Gasteiger partial charge in [-0.25, -0.2) is 4.68 Å². The van der Waals surface area contributed by atoms with Crippen molar-refractivity contribution < 1.29 is 9.53 Å². The fourth-order valence-electron chi connectivity index (χ4n) is 3.72. The first-order valence-electron chi connectivity index (χ1n) is 11.2. The van der Waals surface area contributed by atoms with Gasteiger partial charge in [-0.05, 0) is 62.2 Å². The van der Waals surface area contributed by atoms with Gasteiger partial charge in [0.05, 0.1) is 10.6 Å². The Balaban J connectivity index is 1.78. The van der Waals surface area contributed by atoms with Gasteiger partial charge in [-0.1, -0.05) is 61.8 Å². The van der Waals surface area contributed by atoms with Crippen molar-refractivity contribution in [1.82, 2.24) is 14.7 Å². The summed E-state index contributed by atoms with van der Waals surface area (Å²) in [6.07, 6.45) is 6.43. The Hall–Kier alpha value is -3.16. The third-order valence-electron chi connectivity index (χ3n) is 5.71. The molecule has 1 aliphatic rings. The van der Waals surface area contributed by atoms with Gasteiger partial charge in [0.2, 0.25) is 0 Å². The first kappa shape index (κ1) is 24.0. The molecule has 1 fully saturated rings. The van der Waals surface area contributed by atoms with Gasteiger partial charge < -0.3 is 4.74 Å². The van der Waals surface area contributed by atoms with E-state index in [1.54, 1.807) is 11.0 Å². The van der Waals surface area contributed by atoms with Crippen molar-refractivity contribution in [2.45, 2.75) is 33.2 Å². The highest BCUT2D eigenvalue weighted by Gasteiger charge is 2.35. The van der Waals surface area contributed by atoms with E-state index in [4.69, 9.17) is 22.1 Å². The van der Waals surface area contributed by atoms with Crippen LogP contribution in [0.1, 0.15) is 31.4 Å². The molecule has 2 heterocycles. The molecule has 2 aromatic carbocycles. The Morgan fingerprint density at radius 1 is 1.24 bits per heavy atom. The van der Waals surface area contributed by atoms with Crippen LogP contribution in [-0.2, 0) is 4.79 Å². The number of para-hydroxylation sites is 1. The molecule has 1 atom stereocenters. The molecule has 0 aliphatic carbocycles. The van der Waals surface area contributed by atoms with Crippen LogP contribution in [0.15, 0.2) is 72.3 Å². The van der Waals surface area contributed by atoms with Gasteiger partial charge in [-0.2, -0.15) is 5.10 Å². The van der Waals surface area contributed by atoms with Crippen LogP contribution in [0.25, 0.3) is 23.0 Å². The molecule has 0 unspecified atom stereocenters. The van der Waals surface area contributed by atoms with Crippen LogP contribution in [-0.4, -0.2) is 37.6 Å². The van der Waals surface area contributed by atoms with Gasteiger partial charge in [0, 0.05) is 23.4 Å². The molecule has 5 nitrogen and oxygen atoms in total. The Bertz CT molecular complexity index is 1260. The molecule has 4 rings (SSSR count). The summed E-state index contributed by atoms with van der Waals surface area (Å²) in [4.78, 5) is 15.5. The molecule has 1 aliphatic heterocycles. The molecular weight excluding hydrogens is 462 g/mol. The zero-order chi connectivity index (χ0) is 24.2. The number of benzene rings is 2. The molecule has 0 bridgehead atoms. The zero-order valence-corrected chi connectivity index (χ0v) is 21.2. The molecule has 0 N–H and O–H groups in total. The third-order valence-corrected chi connectivity index (χ3v) is 7.04. The minimum Gasteiger partial charge on any atom is -0.489 e. The molecule has 0 spiro atoms. The summed E-state index contributed by atoms with van der Waals surface area (Å²) in [7, 11) is 0. The molecular formula is C27H27N3O2S2. The number of aromatic nitrogens is 2. The second-order valence-corrected chi connectivity index (χ2v) is 9.78. The van der Waals surface area contributed by atoms with Crippen molar-refractivity contribution in [2.24, 2.45) is 0 Å². The number of aryl methyl sites for hydroxylation is 1. The first-order chi connectivity index (χ1) is 16.4. The summed E-state index contributed by atoms with van der Waals surface area (Å²) in [5.74, 6) is 0.759. The standard InChI is InChI=1S/C27H27N3O2S2/c1-5-14-32-23-13-12-20(15-18(23)3)25-21(17-29(28-25)22-10-8-7-9-11-22)16-24-26(31)30(19(4)6-2)27(33)34-24/h5,7-13,15-17,19H,1,6,14H2,2-4H3/b24-16-/t19-/m0/s1. The van der Waals surface area contributed by atoms with E-state index in [0.717, 1.165) is 40.2 Å². The van der Waals surface area contributed by atoms with Crippen LogP contribution in [0.2, 0.25) is 0 Å². The number of carbonyl (C=O) groups excluding carboxylic acids is 1. The molecule has 174 valence electrons. The normalized spacial score (nSPS) is 15.7. The van der Waals surface area contributed by atoms with Crippen molar-refractivity contribution in [3.05, 3.63) is 83.4 Å². The van der Waals surface area contributed by atoms with Crippen molar-refractivity contribution in [2.75, 3.05) is 6.61 Å². The number of rotatable bonds is 8. The summed E-state index contributed by atoms with van der Waals surface area (Å²) < 4.78 is 8.18. The number of carbonyl (C=O) groups is 1. The van der Waals surface area contributed by atoms with Crippen LogP contribution >= 0.6 is 24.0 Å². The summed E-state index contributed by atoms with van der Waals surface area (Å²) in [5.41, 5.74) is 4.53. The predicted octanol–water partition coefficient (Wildman–Crippen LogP) is 6.41. The molecule has 1 amide bonds. The minimum absolute atomic E-state index is 0.0490. The molecule has 1 aromatic heterocycles. The van der Waals surface area contributed by atoms with Crippen LogP contribution in [0, 0.1) is 6.92 Å². The van der Waals surface area contributed by atoms with Gasteiger partial charge in [0.1, 0.15) is 22.4 Å². The number of hydrogen-bond acceptors (Lipinski definition) is 5. The maximum Gasteiger partial charge on any atom is 0.266 e. The Labute approximate surface area is 210 Å². The highest BCUT2D eigenvalue weighted by molar-refractivity contribution is 8.26. The van der Waals surface area contributed by atoms with Crippen LogP contribution in [0.5, 0.6) is 5.75 Å². The number of hydrogen-bond donors (Lipinski definition) is 0. The lowest BCUT2D eigenvalue weighted by Crippen LogP contribution is -2.36. The van der Waals surface area contributed by atoms with Crippen LogP contribution < -0.4 is 4.74 Å². The number of thiocarbonyl (C=S) groups is 1. The van der Waals surface area contributed by atoms with Crippen LogP contribution in [0.4, 0.5) is 0 Å². The van der Waals surface area contributed by atoms with E-state index in [0.29, 0.717) is 15.8 Å². The van der Waals surface area contributed by atoms with Crippen molar-refractivity contribution in [1.29, 1.82) is 0 Å². The molecule has 1 saturated heterocycles. The van der Waals surface area contributed by atoms with Gasteiger partial charge >= 0.3 is 0 Å². The fraction of sp³-hybridized carbons (Fsp3) is 0.222. The van der Waals surface area contributed by atoms with E-state index < -0.39 is 0 Å². The summed E-state index contributed by atoms with van der Waals surface area (Å²) in [6, 6.07) is 16.0. The first-order valence-corrected chi connectivity index (χ1v) is 12.4. The minimum atomic E-state index is -0.0490. The topological polar surface area (TPSA) is 47.4 Å². The van der Waals surface area contributed by atoms with Crippen molar-refractivity contribution in [3.8, 4) is 22.7 Å². The molecule has 34 heavy (non-hydrogen) atoms. The highest BCUT2D eigenvalue weighted by Crippen LogP contribution is 2.37. The predicted molar refractivity (Wildman–Crippen MR) is 144 cm³/mol. The van der Waals surface area contributed by atoms with E-state index in [2.05, 4.69) is 19.6 Å². The van der Waals surface area contributed by atoms with E-state index >= 15 is 0 Å². The second-order valence-electron chi connectivity index (χ2n) is 8.10. The second kappa shape index (κ2) is 10.4. The van der Waals surface area contributed by atoms with Gasteiger partial charge in [0.15, 0.2) is 0 Å². The SMILES string of the molecule is C=CCOc1ccc(-c2nn(-c3ccccc3)cc2/C=C2\SC(=S)N([C@@H](C)CC)C2=O)cc1C. The van der Waals surface area contributed by atoms with Crippen molar-refractivity contribution >= 4 is 40.3 Å². The lowest BCUT2D eigenvalue weighted by molar-refractivity contribution is -0.123. The number of ether oxygens (including phenoxy) is 1. The monoisotopic (exact) mass is 489 g/mol. The van der Waals surface area contributed by atoms with Gasteiger partial charge in [-0.15, -0.1) is 0 Å². The maximum atomic E-state index is 13.1. The van der Waals surface area contributed by atoms with Gasteiger partial charge in [0.25, 0.3) is 5.91 Å². The Morgan fingerprint density at radius 3 is 2.68 bits per heavy atom. The van der Waals surface area contributed by atoms with E-state index in [1.165, 1.54) is 11.8 Å². The van der Waals surface area contributed by atoms with Crippen LogP contribution in [0.3, 0.4) is 0 Å². The van der Waals surface area contributed by atoms with E-state index in [-0.39, 0.29) is 11.9 Å². The average molecular weight is 490 g/mol. The Morgan fingerprint density at radius 2 is 2.00 bits per heavy atom. The molecule has 3 aromatic rings. The smallest absolute Gasteiger partial charge is 0.266 e. The summed E-state index contributed by atoms with van der Waals surface area (Å²) >= 11 is 6.86. The largest absolute Gasteiger partial charge is 0.489 e. The quantitative estimate of drug-likeness (QED) is 0.208. The highest BCUT2D eigenvalue weighted by atomic mass is 32.2. The third kappa shape index (κ3) is 4.86. The molecule has 0 radical (unpaired) electrons. The van der Waals surface area contributed by atoms with Gasteiger partial charge in [-0.3, -0.25) is 9.69 Å². The average Bonchev–Trinajstić information content (AvgIpc) is 3.39. The fourth-order valence-corrected chi connectivity index (χ4v) is 5.17. The summed E-state index contributed by atoms with van der Waals surface area (Å²) in [6.45, 7) is 10.2. The summed E-state index contributed by atoms with van der Waals surface area (Å²) in [5, 5.41) is 4.89. The maximum absolute atomic E-state index is 13.1. The lowest BCUT2D eigenvalue weighted by Gasteiger charge is -2.21. The molecule has 0 saturated carbocycles. The number of thioether (sulfide) groups is 1. The number of nitrogens with zero attached hydrogens (tertiary/aromatic N) is 3. The van der Waals surface area contributed by atoms with Crippen molar-refractivity contribution in [3.63, 3.8) is 0 Å². The molecule has 7 heteroatoms. The lowest BCUT2D eigenvalue weighted by atomic mass is 10.0. The van der Waals surface area contributed by atoms with E-state index in [9.17, 15) is 4.79 Å². The Kier molecular flexibility index (Phi) is 7.34. The number of amides is 1. The van der Waals surface area contributed by atoms with E-state index in [1.807, 2.05) is 73.3 Å².